The number of Topliss-reactive ketones (excluding diaryl/α,β-unsaturated/α-hetero) is 2. The summed E-state index contributed by atoms with van der Waals surface area (Å²) in [5, 5.41) is 12.9. The number of thioether (sulfide) groups is 2. The van der Waals surface area contributed by atoms with E-state index in [0.717, 1.165) is 0 Å². The van der Waals surface area contributed by atoms with Gasteiger partial charge in [0.25, 0.3) is 0 Å². The van der Waals surface area contributed by atoms with Gasteiger partial charge in [-0.05, 0) is 42.0 Å². The van der Waals surface area contributed by atoms with Gasteiger partial charge in [-0.15, -0.1) is 0 Å². The Morgan fingerprint density at radius 1 is 1.06 bits per heavy atom. The summed E-state index contributed by atoms with van der Waals surface area (Å²) in [5.41, 5.74) is 0.610. The van der Waals surface area contributed by atoms with Crippen LogP contribution in [0.25, 0.3) is 0 Å². The number of hydrogen-bond donors (Lipinski definition) is 1. The lowest BCUT2D eigenvalue weighted by atomic mass is 10.0. The Hall–Kier alpha value is -1.46. The molecule has 0 unspecified atom stereocenters. The Morgan fingerprint density at radius 3 is 2.11 bits per heavy atom. The second-order valence-corrected chi connectivity index (χ2v) is 5.69. The quantitative estimate of drug-likeness (QED) is 0.398. The molecular weight excluding hydrogens is 268 g/mol. The number of allylic oxidation sites excluding steroid dienone is 1. The molecule has 0 saturated carbocycles. The van der Waals surface area contributed by atoms with Crippen LogP contribution in [0.15, 0.2) is 44.9 Å². The molecule has 1 heterocycles. The van der Waals surface area contributed by atoms with Gasteiger partial charge in [-0.2, -0.15) is 0 Å². The highest BCUT2D eigenvalue weighted by Gasteiger charge is 2.23. The zero-order valence-corrected chi connectivity index (χ0v) is 11.2. The minimum atomic E-state index is -0.304. The predicted molar refractivity (Wildman–Crippen MR) is 74.5 cm³/mol. The maximum Gasteiger partial charge on any atom is 0.198 e. The third kappa shape index (κ3) is 2.68. The van der Waals surface area contributed by atoms with Gasteiger partial charge in [0, 0.05) is 5.56 Å². The number of ketones is 2. The third-order valence-electron chi connectivity index (χ3n) is 2.32. The van der Waals surface area contributed by atoms with E-state index < -0.39 is 0 Å². The molecule has 0 fully saturated rings. The van der Waals surface area contributed by atoms with E-state index in [1.165, 1.54) is 54.7 Å². The van der Waals surface area contributed by atoms with E-state index in [0.29, 0.717) is 9.80 Å². The molecule has 5 heteroatoms. The Labute approximate surface area is 113 Å². The van der Waals surface area contributed by atoms with E-state index >= 15 is 0 Å². The van der Waals surface area contributed by atoms with Crippen molar-refractivity contribution in [2.45, 2.75) is 6.92 Å². The molecule has 0 atom stereocenters. The number of carbonyl (C=O) groups excluding carboxylic acids is 2. The van der Waals surface area contributed by atoms with Crippen LogP contribution in [-0.2, 0) is 4.79 Å². The van der Waals surface area contributed by atoms with Gasteiger partial charge in [-0.3, -0.25) is 9.59 Å². The summed E-state index contributed by atoms with van der Waals surface area (Å²) < 4.78 is 0.709. The van der Waals surface area contributed by atoms with Crippen LogP contribution >= 0.6 is 23.5 Å². The van der Waals surface area contributed by atoms with E-state index in [4.69, 9.17) is 0 Å². The molecule has 0 spiro atoms. The highest BCUT2D eigenvalue weighted by molar-refractivity contribution is 8.27. The Bertz CT molecular complexity index is 546. The van der Waals surface area contributed by atoms with Gasteiger partial charge in [0.1, 0.15) is 5.75 Å². The first-order chi connectivity index (χ1) is 8.59. The Balaban J connectivity index is 2.38. The fourth-order valence-electron chi connectivity index (χ4n) is 1.48. The van der Waals surface area contributed by atoms with Crippen molar-refractivity contribution in [3.63, 3.8) is 0 Å². The molecule has 1 aliphatic heterocycles. The first-order valence-electron chi connectivity index (χ1n) is 5.17. The van der Waals surface area contributed by atoms with Gasteiger partial charge < -0.3 is 5.11 Å². The highest BCUT2D eigenvalue weighted by atomic mass is 32.2. The van der Waals surface area contributed by atoms with Crippen LogP contribution in [0.3, 0.4) is 0 Å². The van der Waals surface area contributed by atoms with Crippen LogP contribution in [0, 0.1) is 0 Å². The van der Waals surface area contributed by atoms with Crippen molar-refractivity contribution in [2.24, 2.45) is 0 Å². The van der Waals surface area contributed by atoms with Gasteiger partial charge in [-0.1, -0.05) is 23.5 Å². The van der Waals surface area contributed by atoms with Crippen molar-refractivity contribution in [3.8, 4) is 5.75 Å². The summed E-state index contributed by atoms with van der Waals surface area (Å²) in [6, 6.07) is 5.89. The van der Waals surface area contributed by atoms with E-state index in [9.17, 15) is 14.7 Å². The smallest absolute Gasteiger partial charge is 0.198 e. The third-order valence-corrected chi connectivity index (χ3v) is 4.45. The number of phenolic OH excluding ortho intramolecular Hbond substituents is 1. The lowest BCUT2D eigenvalue weighted by Gasteiger charge is -2.06. The van der Waals surface area contributed by atoms with Crippen molar-refractivity contribution in [1.29, 1.82) is 0 Å². The average molecular weight is 278 g/mol. The van der Waals surface area contributed by atoms with Gasteiger partial charge in [0.2, 0.25) is 0 Å². The van der Waals surface area contributed by atoms with Gasteiger partial charge in [-0.25, -0.2) is 0 Å². The van der Waals surface area contributed by atoms with Crippen LogP contribution in [0.5, 0.6) is 5.75 Å². The van der Waals surface area contributed by atoms with Crippen LogP contribution in [0.2, 0.25) is 0 Å². The molecule has 1 aromatic carbocycles. The normalized spacial score (nSPS) is 13.7. The molecule has 1 aliphatic rings. The molecule has 1 N–H and O–H groups in total. The van der Waals surface area contributed by atoms with Crippen LogP contribution in [0.1, 0.15) is 17.3 Å². The van der Waals surface area contributed by atoms with Crippen LogP contribution < -0.4 is 0 Å². The van der Waals surface area contributed by atoms with Crippen molar-refractivity contribution in [2.75, 3.05) is 0 Å². The van der Waals surface area contributed by atoms with E-state index in [-0.39, 0.29) is 22.9 Å². The Kier molecular flexibility index (Phi) is 3.93. The highest BCUT2D eigenvalue weighted by Crippen LogP contribution is 2.40. The zero-order valence-electron chi connectivity index (χ0n) is 9.54. The monoisotopic (exact) mass is 278 g/mol. The fraction of sp³-hybridized carbons (Fsp3) is 0.0769. The molecule has 0 amide bonds. The molecule has 1 aromatic rings. The summed E-state index contributed by atoms with van der Waals surface area (Å²) in [4.78, 5) is 23.9. The molecular formula is C13H10O3S2. The number of phenols is 1. The second kappa shape index (κ2) is 5.46. The van der Waals surface area contributed by atoms with Crippen molar-refractivity contribution in [1.82, 2.24) is 0 Å². The maximum absolute atomic E-state index is 12.3. The SMILES string of the molecule is CC(=O)C(C(=O)c1ccc(O)cc1)=C1SC=CS1. The first-order valence-corrected chi connectivity index (χ1v) is 6.93. The summed E-state index contributed by atoms with van der Waals surface area (Å²) in [7, 11) is 0. The molecule has 2 rings (SSSR count). The number of benzene rings is 1. The molecule has 0 aliphatic carbocycles. The molecule has 92 valence electrons. The van der Waals surface area contributed by atoms with Crippen molar-refractivity contribution >= 4 is 35.1 Å². The van der Waals surface area contributed by atoms with E-state index in [1.54, 1.807) is 0 Å². The largest absolute Gasteiger partial charge is 0.508 e. The first kappa shape index (κ1) is 13.0. The minimum absolute atomic E-state index is 0.0925. The lowest BCUT2D eigenvalue weighted by molar-refractivity contribution is -0.113. The lowest BCUT2D eigenvalue weighted by Crippen LogP contribution is -2.11. The molecule has 0 radical (unpaired) electrons. The number of carbonyl (C=O) groups is 2. The second-order valence-electron chi connectivity index (χ2n) is 3.60. The molecule has 0 bridgehead atoms. The van der Waals surface area contributed by atoms with Crippen molar-refractivity contribution < 1.29 is 14.7 Å². The van der Waals surface area contributed by atoms with Crippen LogP contribution in [0.4, 0.5) is 0 Å². The molecule has 0 saturated heterocycles. The topological polar surface area (TPSA) is 54.4 Å². The summed E-state index contributed by atoms with van der Waals surface area (Å²) >= 11 is 2.75. The summed E-state index contributed by atoms with van der Waals surface area (Å²) in [6.07, 6.45) is 0. The van der Waals surface area contributed by atoms with E-state index in [2.05, 4.69) is 0 Å². The van der Waals surface area contributed by atoms with Gasteiger partial charge >= 0.3 is 0 Å². The average Bonchev–Trinajstić information content (AvgIpc) is 2.83. The minimum Gasteiger partial charge on any atom is -0.508 e. The fourth-order valence-corrected chi connectivity index (χ4v) is 3.43. The number of rotatable bonds is 3. The molecule has 0 aromatic heterocycles. The molecule has 3 nitrogen and oxygen atoms in total. The number of aromatic hydroxyl groups is 1. The standard InChI is InChI=1S/C13H10O3S2/c1-8(14)11(13-17-6-7-18-13)12(16)9-2-4-10(15)5-3-9/h2-7,15H,1H3. The molecule has 18 heavy (non-hydrogen) atoms. The maximum atomic E-state index is 12.3. The van der Waals surface area contributed by atoms with Gasteiger partial charge in [0.15, 0.2) is 11.6 Å². The Morgan fingerprint density at radius 2 is 1.61 bits per heavy atom. The zero-order chi connectivity index (χ0) is 13.1. The van der Waals surface area contributed by atoms with Crippen molar-refractivity contribution in [3.05, 3.63) is 50.5 Å². The van der Waals surface area contributed by atoms with E-state index in [1.807, 2.05) is 10.8 Å². The number of hydrogen-bond acceptors (Lipinski definition) is 5. The van der Waals surface area contributed by atoms with Gasteiger partial charge in [0.05, 0.1) is 9.81 Å². The predicted octanol–water partition coefficient (Wildman–Crippen LogP) is 3.33. The summed E-state index contributed by atoms with van der Waals surface area (Å²) in [5.74, 6) is -0.456. The van der Waals surface area contributed by atoms with Crippen LogP contribution in [-0.4, -0.2) is 16.7 Å². The summed E-state index contributed by atoms with van der Waals surface area (Å²) in [6.45, 7) is 1.39.